The Morgan fingerprint density at radius 2 is 0.900 bits per heavy atom. The summed E-state index contributed by atoms with van der Waals surface area (Å²) in [6.45, 7) is 0. The van der Waals surface area contributed by atoms with E-state index in [1.165, 1.54) is 12.4 Å². The van der Waals surface area contributed by atoms with Crippen LogP contribution in [0.2, 0.25) is 0 Å². The summed E-state index contributed by atoms with van der Waals surface area (Å²) < 4.78 is 9.69. The molecule has 0 atom stereocenters. The molecule has 140 valence electrons. The highest BCUT2D eigenvalue weighted by Crippen LogP contribution is 2.42. The van der Waals surface area contributed by atoms with Crippen molar-refractivity contribution in [3.05, 3.63) is 58.9 Å². The summed E-state index contributed by atoms with van der Waals surface area (Å²) in [6.07, 6.45) is 3.03. The highest BCUT2D eigenvalue weighted by atomic mass is 16.6. The van der Waals surface area contributed by atoms with Gasteiger partial charge >= 0.3 is 23.9 Å². The van der Waals surface area contributed by atoms with Gasteiger partial charge in [0.1, 0.15) is 11.1 Å². The molecule has 0 spiro atoms. The van der Waals surface area contributed by atoms with Crippen LogP contribution in [0.4, 0.5) is 0 Å². The highest BCUT2D eigenvalue weighted by molar-refractivity contribution is 6.36. The minimum Gasteiger partial charge on any atom is -0.385 e. The summed E-state index contributed by atoms with van der Waals surface area (Å²) in [4.78, 5) is 55.5. The second-order valence-electron chi connectivity index (χ2n) is 7.33. The first-order valence-electron chi connectivity index (χ1n) is 9.11. The van der Waals surface area contributed by atoms with E-state index in [4.69, 9.17) is 9.47 Å². The Balaban J connectivity index is 1.82. The number of benzene rings is 3. The minimum absolute atomic E-state index is 0.276. The number of pyridine rings is 2. The van der Waals surface area contributed by atoms with Crippen molar-refractivity contribution < 1.29 is 38.6 Å². The molecule has 0 amide bonds. The molecular weight excluding hydrogens is 388 g/mol. The molecule has 2 aliphatic rings. The van der Waals surface area contributed by atoms with Crippen LogP contribution in [0, 0.1) is 0 Å². The van der Waals surface area contributed by atoms with Gasteiger partial charge in [0.25, 0.3) is 0 Å². The van der Waals surface area contributed by atoms with Crippen molar-refractivity contribution in [3.63, 3.8) is 0 Å². The minimum atomic E-state index is -0.708. The Bertz CT molecular complexity index is 1480. The topological polar surface area (TPSA) is 115 Å². The van der Waals surface area contributed by atoms with Crippen LogP contribution in [0.1, 0.15) is 41.4 Å². The van der Waals surface area contributed by atoms with Crippen molar-refractivity contribution in [3.8, 4) is 0 Å². The van der Waals surface area contributed by atoms with Crippen LogP contribution < -0.4 is 9.97 Å². The maximum absolute atomic E-state index is 12.3. The molecule has 0 fully saturated rings. The van der Waals surface area contributed by atoms with E-state index in [9.17, 15) is 19.2 Å². The quantitative estimate of drug-likeness (QED) is 0.171. The molecule has 0 saturated carbocycles. The lowest BCUT2D eigenvalue weighted by Crippen LogP contribution is -2.24. The molecule has 0 aliphatic carbocycles. The summed E-state index contributed by atoms with van der Waals surface area (Å²) in [5.41, 5.74) is 2.54. The number of H-pyrrole nitrogens is 2. The van der Waals surface area contributed by atoms with Gasteiger partial charge in [-0.25, -0.2) is 29.1 Å². The van der Waals surface area contributed by atoms with Crippen molar-refractivity contribution in [2.45, 2.75) is 0 Å². The van der Waals surface area contributed by atoms with Gasteiger partial charge in [-0.3, -0.25) is 0 Å². The van der Waals surface area contributed by atoms with Crippen LogP contribution in [0.25, 0.3) is 43.4 Å². The van der Waals surface area contributed by atoms with E-state index in [2.05, 4.69) is 9.97 Å². The number of carbonyl (C=O) groups excluding carboxylic acids is 4. The van der Waals surface area contributed by atoms with Gasteiger partial charge in [-0.2, -0.15) is 0 Å². The molecule has 0 unspecified atom stereocenters. The van der Waals surface area contributed by atoms with E-state index in [1.807, 2.05) is 0 Å². The molecule has 30 heavy (non-hydrogen) atoms. The van der Waals surface area contributed by atoms with Crippen LogP contribution in [0.15, 0.2) is 36.7 Å². The number of hydrogen-bond donors (Lipinski definition) is 0. The molecule has 2 N–H and O–H groups in total. The number of rotatable bonds is 0. The molecule has 4 heterocycles. The van der Waals surface area contributed by atoms with Crippen LogP contribution in [0.3, 0.4) is 0 Å². The lowest BCUT2D eigenvalue weighted by molar-refractivity contribution is -0.345. The van der Waals surface area contributed by atoms with E-state index >= 15 is 0 Å². The fraction of sp³-hybridized carbons (Fsp3) is 0. The number of nitrogens with one attached hydrogen (secondary N) is 2. The molecular formula is C22H8N2O6+2. The van der Waals surface area contributed by atoms with Gasteiger partial charge in [0.05, 0.1) is 32.7 Å². The van der Waals surface area contributed by atoms with Gasteiger partial charge < -0.3 is 9.47 Å². The number of ether oxygens (including phenoxy) is 2. The largest absolute Gasteiger partial charge is 0.385 e. The van der Waals surface area contributed by atoms with Gasteiger partial charge in [0, 0.05) is 10.8 Å². The molecule has 0 radical (unpaired) electrons. The summed E-state index contributed by atoms with van der Waals surface area (Å²) in [5.74, 6) is -2.80. The van der Waals surface area contributed by atoms with Gasteiger partial charge in [0.2, 0.25) is 11.0 Å². The predicted molar refractivity (Wildman–Crippen MR) is 100 cm³/mol. The summed E-state index contributed by atoms with van der Waals surface area (Å²) in [6, 6.07) is 6.77. The van der Waals surface area contributed by atoms with Crippen molar-refractivity contribution >= 4 is 67.2 Å². The molecule has 3 aromatic carbocycles. The first-order valence-corrected chi connectivity index (χ1v) is 9.11. The predicted octanol–water partition coefficient (Wildman–Crippen LogP) is 1.99. The molecule has 0 saturated heterocycles. The monoisotopic (exact) mass is 396 g/mol. The second kappa shape index (κ2) is 4.74. The number of aromatic nitrogens is 2. The van der Waals surface area contributed by atoms with E-state index < -0.39 is 23.9 Å². The third-order valence-electron chi connectivity index (χ3n) is 5.96. The van der Waals surface area contributed by atoms with E-state index in [0.29, 0.717) is 43.7 Å². The Morgan fingerprint density at radius 1 is 0.500 bits per heavy atom. The Labute approximate surface area is 165 Å². The molecule has 8 heteroatoms. The maximum atomic E-state index is 12.3. The first-order chi connectivity index (χ1) is 14.5. The molecule has 2 aromatic heterocycles. The zero-order chi connectivity index (χ0) is 20.3. The van der Waals surface area contributed by atoms with Crippen LogP contribution in [0.5, 0.6) is 0 Å². The molecule has 8 nitrogen and oxygen atoms in total. The zero-order valence-electron chi connectivity index (χ0n) is 14.9. The Hall–Kier alpha value is -4.46. The zero-order valence-corrected chi connectivity index (χ0v) is 14.9. The van der Waals surface area contributed by atoms with Crippen LogP contribution >= 0.6 is 0 Å². The number of hydrogen-bond acceptors (Lipinski definition) is 6. The highest BCUT2D eigenvalue weighted by Gasteiger charge is 2.36. The van der Waals surface area contributed by atoms with Crippen molar-refractivity contribution in [2.24, 2.45) is 0 Å². The summed E-state index contributed by atoms with van der Waals surface area (Å²) >= 11 is 0. The third kappa shape index (κ3) is 1.56. The molecule has 2 aliphatic heterocycles. The number of fused-ring (bicyclic) bond motifs is 2. The van der Waals surface area contributed by atoms with Gasteiger partial charge in [0.15, 0.2) is 12.4 Å². The average molecular weight is 396 g/mol. The van der Waals surface area contributed by atoms with E-state index in [1.54, 1.807) is 24.3 Å². The summed E-state index contributed by atoms with van der Waals surface area (Å²) in [5, 5.41) is 3.92. The SMILES string of the molecule is O=C1OC(=O)c2c[nH+]c3c4ccc5c6c(c[nH+]c(c7ccc1c2c73)c64)C(=O)OC5=O. The van der Waals surface area contributed by atoms with Crippen molar-refractivity contribution in [1.82, 2.24) is 0 Å². The molecule has 0 bridgehead atoms. The summed E-state index contributed by atoms with van der Waals surface area (Å²) in [7, 11) is 0. The normalized spacial score (nSPS) is 15.5. The number of aromatic amines is 2. The number of carbonyl (C=O) groups is 4. The van der Waals surface area contributed by atoms with Crippen molar-refractivity contribution in [2.75, 3.05) is 0 Å². The van der Waals surface area contributed by atoms with E-state index in [-0.39, 0.29) is 11.1 Å². The average Bonchev–Trinajstić information content (AvgIpc) is 2.74. The maximum Gasteiger partial charge on any atom is 0.352 e. The lowest BCUT2D eigenvalue weighted by atomic mass is 9.88. The van der Waals surface area contributed by atoms with E-state index in [0.717, 1.165) is 10.8 Å². The number of esters is 4. The lowest BCUT2D eigenvalue weighted by Gasteiger charge is -2.18. The molecule has 5 aromatic rings. The van der Waals surface area contributed by atoms with Crippen molar-refractivity contribution in [1.29, 1.82) is 0 Å². The van der Waals surface area contributed by atoms with Crippen LogP contribution in [-0.4, -0.2) is 23.9 Å². The Morgan fingerprint density at radius 3 is 1.33 bits per heavy atom. The fourth-order valence-electron chi connectivity index (χ4n) is 4.75. The second-order valence-corrected chi connectivity index (χ2v) is 7.33. The van der Waals surface area contributed by atoms with Gasteiger partial charge in [-0.15, -0.1) is 0 Å². The van der Waals surface area contributed by atoms with Crippen LogP contribution in [-0.2, 0) is 9.47 Å². The Kier molecular flexibility index (Phi) is 2.44. The van der Waals surface area contributed by atoms with Gasteiger partial charge in [-0.1, -0.05) is 0 Å². The standard InChI is InChI=1S/C22H6N2O6/c25-19-9-3-1-7-15-13(9)11(21(27)29-19)6-24-18(15)8-2-4-10-14-12(22(28)30-20(10)26)5-23-17(7)16(8)14/h1-6H/p+2. The molecule has 7 rings (SSSR count). The van der Waals surface area contributed by atoms with Gasteiger partial charge in [-0.05, 0) is 24.3 Å². The third-order valence-corrected chi connectivity index (χ3v) is 5.96. The number of cyclic esters (lactones) is 4. The smallest absolute Gasteiger partial charge is 0.352 e. The fourth-order valence-corrected chi connectivity index (χ4v) is 4.75. The first kappa shape index (κ1) is 15.5.